The fourth-order valence-electron chi connectivity index (χ4n) is 5.12. The molecule has 8 nitrogen and oxygen atoms in total. The summed E-state index contributed by atoms with van der Waals surface area (Å²) in [4.78, 5) is 33.7. The summed E-state index contributed by atoms with van der Waals surface area (Å²) in [6.07, 6.45) is -1.47. The maximum absolute atomic E-state index is 13.2. The van der Waals surface area contributed by atoms with E-state index in [0.29, 0.717) is 51.3 Å². The van der Waals surface area contributed by atoms with Gasteiger partial charge < -0.3 is 24.8 Å². The largest absolute Gasteiger partial charge is 0.408 e. The molecule has 0 bridgehead atoms. The van der Waals surface area contributed by atoms with Gasteiger partial charge in [-0.25, -0.2) is 4.79 Å². The van der Waals surface area contributed by atoms with E-state index >= 15 is 0 Å². The minimum absolute atomic E-state index is 0.0452. The number of alkyl halides is 3. The minimum Gasteiger partial charge on any atom is -0.366 e. The van der Waals surface area contributed by atoms with Gasteiger partial charge in [0.25, 0.3) is 0 Å². The zero-order valence-electron chi connectivity index (χ0n) is 17.6. The van der Waals surface area contributed by atoms with Crippen molar-refractivity contribution in [3.8, 4) is 0 Å². The van der Waals surface area contributed by atoms with Gasteiger partial charge in [0.15, 0.2) is 0 Å². The van der Waals surface area contributed by atoms with Gasteiger partial charge in [0.2, 0.25) is 5.91 Å². The second-order valence-electron chi connectivity index (χ2n) is 8.98. The summed E-state index contributed by atoms with van der Waals surface area (Å²) in [5, 5.41) is 2.89. The second-order valence-corrected chi connectivity index (χ2v) is 8.98. The highest BCUT2D eigenvalue weighted by Gasteiger charge is 2.46. The number of rotatable bonds is 2. The van der Waals surface area contributed by atoms with Crippen LogP contribution >= 0.6 is 0 Å². The molecule has 0 saturated carbocycles. The highest BCUT2D eigenvalue weighted by atomic mass is 19.4. The Hall–Kier alpha value is -2.56. The van der Waals surface area contributed by atoms with Crippen LogP contribution in [-0.4, -0.2) is 90.4 Å². The lowest BCUT2D eigenvalue weighted by Gasteiger charge is -2.46. The Morgan fingerprint density at radius 2 is 1.94 bits per heavy atom. The summed E-state index contributed by atoms with van der Waals surface area (Å²) < 4.78 is 45.2. The van der Waals surface area contributed by atoms with Crippen LogP contribution in [0.25, 0.3) is 0 Å². The van der Waals surface area contributed by atoms with Gasteiger partial charge in [-0.05, 0) is 31.4 Å². The topological polar surface area (TPSA) is 78.0 Å². The van der Waals surface area contributed by atoms with Crippen molar-refractivity contribution in [3.63, 3.8) is 0 Å². The molecule has 0 spiro atoms. The van der Waals surface area contributed by atoms with E-state index in [9.17, 15) is 22.8 Å². The number of aromatic nitrogens is 1. The predicted octanol–water partition coefficient (Wildman–Crippen LogP) is 1.72. The molecule has 174 valence electrons. The van der Waals surface area contributed by atoms with E-state index in [0.717, 1.165) is 5.69 Å². The number of pyridine rings is 1. The number of nitrogens with zero attached hydrogens (tertiary/aromatic N) is 4. The molecule has 3 atom stereocenters. The Balaban J connectivity index is 1.15. The summed E-state index contributed by atoms with van der Waals surface area (Å²) >= 11 is 0. The lowest BCUT2D eigenvalue weighted by atomic mass is 9.95. The van der Waals surface area contributed by atoms with Gasteiger partial charge >= 0.3 is 12.2 Å². The summed E-state index contributed by atoms with van der Waals surface area (Å²) in [5.74, 6) is -0.0881. The van der Waals surface area contributed by atoms with Crippen molar-refractivity contribution >= 4 is 17.6 Å². The number of fused-ring (bicyclic) bond motifs is 1. The van der Waals surface area contributed by atoms with Gasteiger partial charge in [0.1, 0.15) is 12.6 Å². The average molecular weight is 453 g/mol. The number of amides is 3. The van der Waals surface area contributed by atoms with Crippen molar-refractivity contribution in [2.24, 2.45) is 0 Å². The van der Waals surface area contributed by atoms with Crippen LogP contribution in [0.2, 0.25) is 0 Å². The van der Waals surface area contributed by atoms with E-state index in [1.165, 1.54) is 11.1 Å². The van der Waals surface area contributed by atoms with Crippen LogP contribution < -0.4 is 10.2 Å². The van der Waals surface area contributed by atoms with E-state index in [1.54, 1.807) is 21.9 Å². The Morgan fingerprint density at radius 1 is 1.12 bits per heavy atom. The van der Waals surface area contributed by atoms with E-state index < -0.39 is 12.2 Å². The molecule has 1 aromatic heterocycles. The number of urea groups is 1. The molecule has 32 heavy (non-hydrogen) atoms. The van der Waals surface area contributed by atoms with Gasteiger partial charge in [0.05, 0.1) is 24.0 Å². The van der Waals surface area contributed by atoms with Crippen molar-refractivity contribution in [2.75, 3.05) is 44.2 Å². The number of morpholine rings is 1. The van der Waals surface area contributed by atoms with E-state index in [4.69, 9.17) is 4.74 Å². The Bertz CT molecular complexity index is 874. The molecule has 4 aliphatic rings. The number of carbonyl (C=O) groups is 2. The third-order valence-corrected chi connectivity index (χ3v) is 6.90. The smallest absolute Gasteiger partial charge is 0.366 e. The zero-order chi connectivity index (χ0) is 22.5. The van der Waals surface area contributed by atoms with E-state index in [1.807, 2.05) is 0 Å². The SMILES string of the molecule is O=C1COC2CCN(C(=O)N3CC(c4ccc(N5CCCC5C(F)(F)F)cn4)C3)C[C@H]2N1. The number of halogens is 3. The molecule has 2 unspecified atom stereocenters. The van der Waals surface area contributed by atoms with Crippen LogP contribution in [0.1, 0.15) is 30.9 Å². The summed E-state index contributed by atoms with van der Waals surface area (Å²) in [6, 6.07) is 1.78. The van der Waals surface area contributed by atoms with Gasteiger partial charge in [0, 0.05) is 44.3 Å². The van der Waals surface area contributed by atoms with Gasteiger partial charge in [-0.2, -0.15) is 13.2 Å². The summed E-state index contributed by atoms with van der Waals surface area (Å²) in [6.45, 7) is 2.50. The third-order valence-electron chi connectivity index (χ3n) is 6.90. The van der Waals surface area contributed by atoms with E-state index in [2.05, 4.69) is 10.3 Å². The molecule has 11 heteroatoms. The van der Waals surface area contributed by atoms with Gasteiger partial charge in [-0.1, -0.05) is 0 Å². The second kappa shape index (κ2) is 8.09. The first-order valence-corrected chi connectivity index (χ1v) is 11.0. The molecule has 0 aromatic carbocycles. The van der Waals surface area contributed by atoms with Crippen molar-refractivity contribution in [1.82, 2.24) is 20.1 Å². The zero-order valence-corrected chi connectivity index (χ0v) is 17.6. The van der Waals surface area contributed by atoms with E-state index in [-0.39, 0.29) is 43.0 Å². The molecule has 1 N–H and O–H groups in total. The van der Waals surface area contributed by atoms with Crippen molar-refractivity contribution < 1.29 is 27.5 Å². The molecule has 4 aliphatic heterocycles. The molecule has 0 radical (unpaired) electrons. The first kappa shape index (κ1) is 21.3. The van der Waals surface area contributed by atoms with Crippen LogP contribution in [0.5, 0.6) is 0 Å². The molecule has 5 heterocycles. The Morgan fingerprint density at radius 3 is 2.66 bits per heavy atom. The molecular weight excluding hydrogens is 427 g/mol. The summed E-state index contributed by atoms with van der Waals surface area (Å²) in [7, 11) is 0. The molecule has 1 aromatic rings. The number of hydrogen-bond donors (Lipinski definition) is 1. The fourth-order valence-corrected chi connectivity index (χ4v) is 5.12. The first-order chi connectivity index (χ1) is 15.3. The van der Waals surface area contributed by atoms with Crippen molar-refractivity contribution in [2.45, 2.75) is 49.5 Å². The molecule has 0 aliphatic carbocycles. The quantitative estimate of drug-likeness (QED) is 0.738. The van der Waals surface area contributed by atoms with Gasteiger partial charge in [-0.15, -0.1) is 0 Å². The average Bonchev–Trinajstić information content (AvgIpc) is 3.23. The molecule has 4 fully saturated rings. The van der Waals surface area contributed by atoms with Crippen LogP contribution in [0.15, 0.2) is 18.3 Å². The molecule has 4 saturated heterocycles. The van der Waals surface area contributed by atoms with Crippen molar-refractivity contribution in [3.05, 3.63) is 24.0 Å². The maximum Gasteiger partial charge on any atom is 0.408 e. The van der Waals surface area contributed by atoms with Crippen LogP contribution in [-0.2, 0) is 9.53 Å². The maximum atomic E-state index is 13.2. The minimum atomic E-state index is -4.25. The summed E-state index contributed by atoms with van der Waals surface area (Å²) in [5.41, 5.74) is 1.27. The third kappa shape index (κ3) is 3.98. The van der Waals surface area contributed by atoms with Crippen LogP contribution in [0.3, 0.4) is 0 Å². The highest BCUT2D eigenvalue weighted by molar-refractivity contribution is 5.79. The molecular formula is C21H26F3N5O3. The standard InChI is InChI=1S/C21H26F3N5O3/c22-21(23,24)18-2-1-6-29(18)14-3-4-15(25-8-14)13-9-28(10-13)20(31)27-7-5-17-16(11-27)26-19(30)12-32-17/h3-4,8,13,16-18H,1-2,5-7,9-12H2,(H,26,30)/t16-,17?,18?/m1/s1. The molecule has 5 rings (SSSR count). The van der Waals surface area contributed by atoms with Crippen LogP contribution in [0, 0.1) is 0 Å². The number of carbonyl (C=O) groups excluding carboxylic acids is 2. The highest BCUT2D eigenvalue weighted by Crippen LogP contribution is 2.36. The van der Waals surface area contributed by atoms with Gasteiger partial charge in [-0.3, -0.25) is 9.78 Å². The Kier molecular flexibility index (Phi) is 5.39. The fraction of sp³-hybridized carbons (Fsp3) is 0.667. The lowest BCUT2D eigenvalue weighted by Crippen LogP contribution is -2.63. The number of nitrogens with one attached hydrogen (secondary N) is 1. The lowest BCUT2D eigenvalue weighted by molar-refractivity contribution is -0.146. The van der Waals surface area contributed by atoms with Crippen LogP contribution in [0.4, 0.5) is 23.7 Å². The Labute approximate surface area is 183 Å². The number of hydrogen-bond acceptors (Lipinski definition) is 5. The normalized spacial score (nSPS) is 28.9. The number of likely N-dealkylation sites (tertiary alicyclic amines) is 2. The molecule has 3 amide bonds. The number of ether oxygens (including phenoxy) is 1. The predicted molar refractivity (Wildman–Crippen MR) is 108 cm³/mol. The number of anilines is 1. The number of piperidine rings is 1. The first-order valence-electron chi connectivity index (χ1n) is 11.0. The van der Waals surface area contributed by atoms with Crippen molar-refractivity contribution in [1.29, 1.82) is 0 Å². The monoisotopic (exact) mass is 453 g/mol.